The van der Waals surface area contributed by atoms with Gasteiger partial charge in [-0.05, 0) is 43.7 Å². The number of benzene rings is 1. The van der Waals surface area contributed by atoms with E-state index in [2.05, 4.69) is 61.4 Å². The summed E-state index contributed by atoms with van der Waals surface area (Å²) in [4.78, 5) is 13.3. The topological polar surface area (TPSA) is 57.8 Å². The van der Waals surface area contributed by atoms with E-state index in [1.165, 1.54) is 11.1 Å². The molecule has 0 radical (unpaired) electrons. The van der Waals surface area contributed by atoms with Crippen LogP contribution in [0, 0.1) is 19.3 Å². The first-order chi connectivity index (χ1) is 11.7. The summed E-state index contributed by atoms with van der Waals surface area (Å²) >= 11 is 0. The van der Waals surface area contributed by atoms with Gasteiger partial charge in [-0.25, -0.2) is 0 Å². The monoisotopic (exact) mass is 335 g/mol. The lowest BCUT2D eigenvalue weighted by Crippen LogP contribution is -2.42. The van der Waals surface area contributed by atoms with Gasteiger partial charge in [0.1, 0.15) is 0 Å². The summed E-state index contributed by atoms with van der Waals surface area (Å²) in [5.41, 5.74) is 5.92. The first-order valence-corrected chi connectivity index (χ1v) is 8.89. The second-order valence-corrected chi connectivity index (χ2v) is 8.43. The Hall–Kier alpha value is -2.36. The molecule has 1 aliphatic heterocycles. The molecule has 1 aromatic heterocycles. The molecule has 0 bridgehead atoms. The Morgan fingerprint density at radius 1 is 1.08 bits per heavy atom. The third-order valence-corrected chi connectivity index (χ3v) is 5.78. The maximum Gasteiger partial charge on any atom is 0.162 e. The number of hydrogen-bond donors (Lipinski definition) is 2. The quantitative estimate of drug-likeness (QED) is 0.812. The SMILES string of the molecule is Cc1ccccc1C1(C)C2=C(CC(C)(C)CC2=O)Nc2n[nH]c(C)c21. The molecule has 2 aliphatic rings. The largest absolute Gasteiger partial charge is 0.342 e. The molecule has 130 valence electrons. The number of carbonyl (C=O) groups excluding carboxylic acids is 1. The summed E-state index contributed by atoms with van der Waals surface area (Å²) in [5.74, 6) is 1.10. The Balaban J connectivity index is 2.05. The van der Waals surface area contributed by atoms with Gasteiger partial charge in [-0.3, -0.25) is 9.89 Å². The molecule has 4 nitrogen and oxygen atoms in total. The fraction of sp³-hybridized carbons (Fsp3) is 0.429. The van der Waals surface area contributed by atoms with Crippen LogP contribution in [-0.4, -0.2) is 16.0 Å². The standard InChI is InChI=1S/C21H25N3O/c1-12-8-6-7-9-14(12)21(5)17-13(2)23-24-19(17)22-15-10-20(3,4)11-16(25)18(15)21/h6-9H,10-11H2,1-5H3,(H2,22,23,24). The summed E-state index contributed by atoms with van der Waals surface area (Å²) in [6.07, 6.45) is 1.45. The molecule has 1 unspecified atom stereocenters. The molecule has 4 heteroatoms. The number of aromatic nitrogens is 2. The van der Waals surface area contributed by atoms with Crippen LogP contribution in [0.2, 0.25) is 0 Å². The van der Waals surface area contributed by atoms with Crippen molar-refractivity contribution >= 4 is 11.6 Å². The fourth-order valence-corrected chi connectivity index (χ4v) is 4.81. The van der Waals surface area contributed by atoms with E-state index in [1.54, 1.807) is 0 Å². The second-order valence-electron chi connectivity index (χ2n) is 8.43. The highest BCUT2D eigenvalue weighted by Crippen LogP contribution is 2.53. The molecule has 0 fully saturated rings. The lowest BCUT2D eigenvalue weighted by atomic mass is 9.61. The maximum atomic E-state index is 13.3. The number of rotatable bonds is 1. The van der Waals surface area contributed by atoms with E-state index < -0.39 is 5.41 Å². The highest BCUT2D eigenvalue weighted by Gasteiger charge is 2.49. The number of H-pyrrole nitrogens is 1. The molecule has 1 aromatic carbocycles. The number of Topliss-reactive ketones (excluding diaryl/α,β-unsaturated/α-hetero) is 1. The number of anilines is 1. The zero-order valence-electron chi connectivity index (χ0n) is 15.6. The molecule has 2 heterocycles. The molecule has 0 saturated heterocycles. The summed E-state index contributed by atoms with van der Waals surface area (Å²) < 4.78 is 0. The highest BCUT2D eigenvalue weighted by atomic mass is 16.1. The lowest BCUT2D eigenvalue weighted by molar-refractivity contribution is -0.118. The Morgan fingerprint density at radius 2 is 1.80 bits per heavy atom. The predicted molar refractivity (Wildman–Crippen MR) is 99.6 cm³/mol. The number of allylic oxidation sites excluding steroid dienone is 2. The Kier molecular flexibility index (Phi) is 3.27. The van der Waals surface area contributed by atoms with Crippen LogP contribution < -0.4 is 5.32 Å². The van der Waals surface area contributed by atoms with Gasteiger partial charge < -0.3 is 5.32 Å². The van der Waals surface area contributed by atoms with Gasteiger partial charge in [-0.1, -0.05) is 38.1 Å². The van der Waals surface area contributed by atoms with E-state index in [4.69, 9.17) is 0 Å². The van der Waals surface area contributed by atoms with Crippen molar-refractivity contribution in [3.63, 3.8) is 0 Å². The van der Waals surface area contributed by atoms with E-state index >= 15 is 0 Å². The Labute approximate surface area is 148 Å². The summed E-state index contributed by atoms with van der Waals surface area (Å²) in [6.45, 7) is 10.7. The normalized spacial score (nSPS) is 24.6. The summed E-state index contributed by atoms with van der Waals surface area (Å²) in [6, 6.07) is 8.37. The van der Waals surface area contributed by atoms with Crippen molar-refractivity contribution in [2.24, 2.45) is 5.41 Å². The van der Waals surface area contributed by atoms with Gasteiger partial charge in [0.25, 0.3) is 0 Å². The van der Waals surface area contributed by atoms with Gasteiger partial charge in [0, 0.05) is 28.9 Å². The highest BCUT2D eigenvalue weighted by molar-refractivity contribution is 6.03. The number of aromatic amines is 1. The van der Waals surface area contributed by atoms with E-state index in [1.807, 2.05) is 13.0 Å². The molecular formula is C21H25N3O. The zero-order valence-corrected chi connectivity index (χ0v) is 15.6. The van der Waals surface area contributed by atoms with Crippen molar-refractivity contribution in [2.75, 3.05) is 5.32 Å². The molecule has 0 amide bonds. The molecule has 25 heavy (non-hydrogen) atoms. The van der Waals surface area contributed by atoms with E-state index in [0.29, 0.717) is 6.42 Å². The molecular weight excluding hydrogens is 310 g/mol. The molecule has 0 spiro atoms. The van der Waals surface area contributed by atoms with Crippen molar-refractivity contribution in [2.45, 2.75) is 52.9 Å². The predicted octanol–water partition coefficient (Wildman–Crippen LogP) is 4.40. The molecule has 1 aliphatic carbocycles. The Morgan fingerprint density at radius 3 is 2.52 bits per heavy atom. The van der Waals surface area contributed by atoms with Crippen molar-refractivity contribution < 1.29 is 4.79 Å². The van der Waals surface area contributed by atoms with Crippen molar-refractivity contribution in [1.29, 1.82) is 0 Å². The van der Waals surface area contributed by atoms with Crippen LogP contribution >= 0.6 is 0 Å². The zero-order chi connectivity index (χ0) is 18.0. The lowest BCUT2D eigenvalue weighted by Gasteiger charge is -2.44. The number of fused-ring (bicyclic) bond motifs is 1. The van der Waals surface area contributed by atoms with Crippen LogP contribution in [0.3, 0.4) is 0 Å². The summed E-state index contributed by atoms with van der Waals surface area (Å²) in [5, 5.41) is 11.1. The van der Waals surface area contributed by atoms with Crippen molar-refractivity contribution in [1.82, 2.24) is 10.2 Å². The minimum absolute atomic E-state index is 0.0294. The number of nitrogens with zero attached hydrogens (tertiary/aromatic N) is 1. The van der Waals surface area contributed by atoms with Gasteiger partial charge in [0.15, 0.2) is 11.6 Å². The number of ketones is 1. The molecule has 0 saturated carbocycles. The van der Waals surface area contributed by atoms with Gasteiger partial charge >= 0.3 is 0 Å². The average molecular weight is 335 g/mol. The van der Waals surface area contributed by atoms with Gasteiger partial charge in [0.2, 0.25) is 0 Å². The number of hydrogen-bond acceptors (Lipinski definition) is 3. The number of nitrogens with one attached hydrogen (secondary N) is 2. The fourth-order valence-electron chi connectivity index (χ4n) is 4.81. The smallest absolute Gasteiger partial charge is 0.162 e. The van der Waals surface area contributed by atoms with Crippen LogP contribution in [0.15, 0.2) is 35.5 Å². The van der Waals surface area contributed by atoms with Crippen LogP contribution in [-0.2, 0) is 10.2 Å². The minimum Gasteiger partial charge on any atom is -0.342 e. The van der Waals surface area contributed by atoms with Gasteiger partial charge in [0.05, 0.1) is 5.41 Å². The van der Waals surface area contributed by atoms with Crippen LogP contribution in [0.1, 0.15) is 56.0 Å². The number of aryl methyl sites for hydroxylation is 2. The van der Waals surface area contributed by atoms with E-state index in [9.17, 15) is 4.79 Å². The molecule has 2 N–H and O–H groups in total. The Bertz CT molecular complexity index is 919. The van der Waals surface area contributed by atoms with E-state index in [-0.39, 0.29) is 11.2 Å². The minimum atomic E-state index is -0.480. The molecule has 1 atom stereocenters. The van der Waals surface area contributed by atoms with Crippen LogP contribution in [0.5, 0.6) is 0 Å². The van der Waals surface area contributed by atoms with Crippen molar-refractivity contribution in [3.05, 3.63) is 57.9 Å². The maximum absolute atomic E-state index is 13.3. The van der Waals surface area contributed by atoms with Gasteiger partial charge in [-0.15, -0.1) is 0 Å². The number of carbonyl (C=O) groups is 1. The first kappa shape index (κ1) is 16.1. The molecule has 4 rings (SSSR count). The second kappa shape index (κ2) is 5.07. The van der Waals surface area contributed by atoms with Crippen LogP contribution in [0.4, 0.5) is 5.82 Å². The van der Waals surface area contributed by atoms with E-state index in [0.717, 1.165) is 34.8 Å². The average Bonchev–Trinajstić information content (AvgIpc) is 2.87. The van der Waals surface area contributed by atoms with Crippen molar-refractivity contribution in [3.8, 4) is 0 Å². The summed E-state index contributed by atoms with van der Waals surface area (Å²) in [7, 11) is 0. The first-order valence-electron chi connectivity index (χ1n) is 8.89. The third kappa shape index (κ3) is 2.20. The van der Waals surface area contributed by atoms with Crippen LogP contribution in [0.25, 0.3) is 0 Å². The third-order valence-electron chi connectivity index (χ3n) is 5.78. The molecule has 2 aromatic rings. The van der Waals surface area contributed by atoms with Gasteiger partial charge in [-0.2, -0.15) is 5.10 Å².